The maximum Gasteiger partial charge on any atom is 0.252 e. The smallest absolute Gasteiger partial charge is 0.252 e. The number of hydrogen-bond acceptors (Lipinski definition) is 3. The monoisotopic (exact) mass is 217 g/mol. The van der Waals surface area contributed by atoms with Crippen LogP contribution in [0.25, 0.3) is 0 Å². The van der Waals surface area contributed by atoms with Gasteiger partial charge in [-0.1, -0.05) is 13.8 Å². The molecule has 0 aromatic rings. The van der Waals surface area contributed by atoms with Gasteiger partial charge in [0.2, 0.25) is 0 Å². The zero-order valence-electron chi connectivity index (χ0n) is 10.2. The van der Waals surface area contributed by atoms with Crippen molar-refractivity contribution in [1.29, 1.82) is 0 Å². The Kier molecular flexibility index (Phi) is 6.52. The summed E-state index contributed by atoms with van der Waals surface area (Å²) in [5, 5.41) is 11.7. The topological polar surface area (TPSA) is 58.6 Å². The van der Waals surface area contributed by atoms with Crippen LogP contribution in [0, 0.1) is 0 Å². The highest BCUT2D eigenvalue weighted by molar-refractivity contribution is 5.84. The molecule has 1 amide bonds. The predicted octanol–water partition coefficient (Wildman–Crippen LogP) is 1.08. The summed E-state index contributed by atoms with van der Waals surface area (Å²) >= 11 is 0. The molecule has 0 spiro atoms. The summed E-state index contributed by atoms with van der Waals surface area (Å²) in [4.78, 5) is 11.9. The van der Waals surface area contributed by atoms with E-state index in [1.165, 1.54) is 7.11 Å². The first-order chi connectivity index (χ1) is 7.03. The van der Waals surface area contributed by atoms with Gasteiger partial charge >= 0.3 is 0 Å². The van der Waals surface area contributed by atoms with Crippen LogP contribution < -0.4 is 5.32 Å². The maximum atomic E-state index is 11.9. The molecule has 0 saturated heterocycles. The Bertz CT molecular complexity index is 190. The quantitative estimate of drug-likeness (QED) is 0.671. The van der Waals surface area contributed by atoms with Crippen molar-refractivity contribution in [3.8, 4) is 0 Å². The van der Waals surface area contributed by atoms with E-state index in [0.29, 0.717) is 12.8 Å². The maximum absolute atomic E-state index is 11.9. The molecule has 90 valence electrons. The largest absolute Gasteiger partial charge is 0.396 e. The van der Waals surface area contributed by atoms with Crippen LogP contribution in [0.4, 0.5) is 0 Å². The summed E-state index contributed by atoms with van der Waals surface area (Å²) in [6.45, 7) is 5.76. The van der Waals surface area contributed by atoms with Crippen molar-refractivity contribution in [2.75, 3.05) is 13.7 Å². The predicted molar refractivity (Wildman–Crippen MR) is 59.6 cm³/mol. The fourth-order valence-corrected chi connectivity index (χ4v) is 1.27. The molecular formula is C11H23NO3. The lowest BCUT2D eigenvalue weighted by Crippen LogP contribution is -2.49. The first-order valence-electron chi connectivity index (χ1n) is 5.51. The van der Waals surface area contributed by atoms with E-state index >= 15 is 0 Å². The number of carbonyl (C=O) groups excluding carboxylic acids is 1. The van der Waals surface area contributed by atoms with Crippen molar-refractivity contribution in [3.63, 3.8) is 0 Å². The van der Waals surface area contributed by atoms with Crippen molar-refractivity contribution in [2.24, 2.45) is 0 Å². The van der Waals surface area contributed by atoms with E-state index in [4.69, 9.17) is 9.84 Å². The second kappa shape index (κ2) is 6.80. The number of methoxy groups -OCH3 is 1. The lowest BCUT2D eigenvalue weighted by Gasteiger charge is -2.28. The van der Waals surface area contributed by atoms with Crippen LogP contribution in [-0.2, 0) is 9.53 Å². The Morgan fingerprint density at radius 3 is 2.47 bits per heavy atom. The van der Waals surface area contributed by atoms with Crippen molar-refractivity contribution in [3.05, 3.63) is 0 Å². The van der Waals surface area contributed by atoms with Crippen LogP contribution in [-0.4, -0.2) is 36.4 Å². The Hall–Kier alpha value is -0.610. The SMILES string of the molecule is CCC(CCO)NC(=O)C(C)(CC)OC. The third kappa shape index (κ3) is 4.18. The molecule has 2 unspecified atom stereocenters. The van der Waals surface area contributed by atoms with Gasteiger partial charge in [0.25, 0.3) is 5.91 Å². The van der Waals surface area contributed by atoms with Gasteiger partial charge in [0, 0.05) is 19.8 Å². The van der Waals surface area contributed by atoms with Crippen molar-refractivity contribution in [1.82, 2.24) is 5.32 Å². The Morgan fingerprint density at radius 1 is 1.53 bits per heavy atom. The summed E-state index contributed by atoms with van der Waals surface area (Å²) < 4.78 is 5.20. The molecule has 0 rings (SSSR count). The van der Waals surface area contributed by atoms with Crippen LogP contribution in [0.3, 0.4) is 0 Å². The van der Waals surface area contributed by atoms with E-state index in [1.54, 1.807) is 6.92 Å². The second-order valence-corrected chi connectivity index (χ2v) is 3.88. The van der Waals surface area contributed by atoms with Crippen molar-refractivity contribution < 1.29 is 14.6 Å². The summed E-state index contributed by atoms with van der Waals surface area (Å²) in [6.07, 6.45) is 2.03. The molecular weight excluding hydrogens is 194 g/mol. The van der Waals surface area contributed by atoms with Gasteiger partial charge in [-0.15, -0.1) is 0 Å². The van der Waals surface area contributed by atoms with Crippen molar-refractivity contribution >= 4 is 5.91 Å². The summed E-state index contributed by atoms with van der Waals surface area (Å²) in [5.41, 5.74) is -0.761. The van der Waals surface area contributed by atoms with Gasteiger partial charge in [0.1, 0.15) is 5.60 Å². The van der Waals surface area contributed by atoms with Gasteiger partial charge in [-0.2, -0.15) is 0 Å². The molecule has 0 aliphatic heterocycles. The molecule has 2 atom stereocenters. The van der Waals surface area contributed by atoms with E-state index in [2.05, 4.69) is 5.32 Å². The van der Waals surface area contributed by atoms with Gasteiger partial charge < -0.3 is 15.2 Å². The van der Waals surface area contributed by atoms with Crippen LogP contribution in [0.15, 0.2) is 0 Å². The molecule has 0 bridgehead atoms. The molecule has 0 saturated carbocycles. The Balaban J connectivity index is 4.31. The molecule has 0 aromatic heterocycles. The molecule has 4 nitrogen and oxygen atoms in total. The number of carbonyl (C=O) groups is 1. The Morgan fingerprint density at radius 2 is 2.13 bits per heavy atom. The molecule has 15 heavy (non-hydrogen) atoms. The highest BCUT2D eigenvalue weighted by Gasteiger charge is 2.31. The molecule has 0 heterocycles. The van der Waals surface area contributed by atoms with E-state index in [-0.39, 0.29) is 18.6 Å². The number of rotatable bonds is 7. The average molecular weight is 217 g/mol. The summed E-state index contributed by atoms with van der Waals surface area (Å²) in [5.74, 6) is -0.104. The second-order valence-electron chi connectivity index (χ2n) is 3.88. The number of nitrogens with one attached hydrogen (secondary N) is 1. The summed E-state index contributed by atoms with van der Waals surface area (Å²) in [6, 6.07) is 0.0310. The zero-order valence-corrected chi connectivity index (χ0v) is 10.2. The fraction of sp³-hybridized carbons (Fsp3) is 0.909. The van der Waals surface area contributed by atoms with Crippen molar-refractivity contribution in [2.45, 2.75) is 51.7 Å². The zero-order chi connectivity index (χ0) is 11.9. The fourth-order valence-electron chi connectivity index (χ4n) is 1.27. The minimum Gasteiger partial charge on any atom is -0.396 e. The van der Waals surface area contributed by atoms with Gasteiger partial charge in [0.05, 0.1) is 0 Å². The minimum atomic E-state index is -0.761. The normalized spacial score (nSPS) is 16.9. The van der Waals surface area contributed by atoms with Crippen LogP contribution in [0.1, 0.15) is 40.0 Å². The number of hydrogen-bond donors (Lipinski definition) is 2. The molecule has 0 aromatic carbocycles. The average Bonchev–Trinajstić information content (AvgIpc) is 2.27. The molecule has 0 aliphatic carbocycles. The van der Waals surface area contributed by atoms with Crippen LogP contribution >= 0.6 is 0 Å². The molecule has 4 heteroatoms. The number of ether oxygens (including phenoxy) is 1. The van der Waals surface area contributed by atoms with E-state index in [0.717, 1.165) is 6.42 Å². The lowest BCUT2D eigenvalue weighted by atomic mass is 10.0. The van der Waals surface area contributed by atoms with E-state index in [9.17, 15) is 4.79 Å². The summed E-state index contributed by atoms with van der Waals surface area (Å²) in [7, 11) is 1.54. The number of aliphatic hydroxyl groups excluding tert-OH is 1. The van der Waals surface area contributed by atoms with E-state index in [1.807, 2.05) is 13.8 Å². The standard InChI is InChI=1S/C11H23NO3/c1-5-9(7-8-13)12-10(14)11(3,6-2)15-4/h9,13H,5-8H2,1-4H3,(H,12,14). The molecule has 0 fully saturated rings. The van der Waals surface area contributed by atoms with Gasteiger partial charge in [-0.05, 0) is 26.2 Å². The van der Waals surface area contributed by atoms with Gasteiger partial charge in [-0.25, -0.2) is 0 Å². The van der Waals surface area contributed by atoms with Crippen LogP contribution in [0.5, 0.6) is 0 Å². The third-order valence-corrected chi connectivity index (χ3v) is 2.91. The number of aliphatic hydroxyl groups is 1. The number of amides is 1. The third-order valence-electron chi connectivity index (χ3n) is 2.91. The molecule has 2 N–H and O–H groups in total. The Labute approximate surface area is 92.0 Å². The minimum absolute atomic E-state index is 0.0310. The first-order valence-corrected chi connectivity index (χ1v) is 5.51. The highest BCUT2D eigenvalue weighted by atomic mass is 16.5. The molecule has 0 radical (unpaired) electrons. The molecule has 0 aliphatic rings. The van der Waals surface area contributed by atoms with Gasteiger partial charge in [-0.3, -0.25) is 4.79 Å². The first kappa shape index (κ1) is 14.4. The van der Waals surface area contributed by atoms with Gasteiger partial charge in [0.15, 0.2) is 0 Å². The van der Waals surface area contributed by atoms with Crippen LogP contribution in [0.2, 0.25) is 0 Å². The lowest BCUT2D eigenvalue weighted by molar-refractivity contribution is -0.142. The van der Waals surface area contributed by atoms with E-state index < -0.39 is 5.60 Å². The highest BCUT2D eigenvalue weighted by Crippen LogP contribution is 2.14.